The smallest absolute Gasteiger partial charge is 0.118 e. The number of aliphatic hydroxyl groups is 1. The zero-order valence-electron chi connectivity index (χ0n) is 18.8. The normalized spacial score (nSPS) is 12.5. The van der Waals surface area contributed by atoms with Crippen molar-refractivity contribution < 1.29 is 14.6 Å². The topological polar surface area (TPSA) is 69.4 Å². The lowest BCUT2D eigenvalue weighted by molar-refractivity contribution is 0.108. The maximum atomic E-state index is 11.3. The molecule has 3 aromatic carbocycles. The van der Waals surface area contributed by atoms with Gasteiger partial charge in [0, 0.05) is 11.7 Å². The van der Waals surface area contributed by atoms with E-state index in [1.54, 1.807) is 23.1 Å². The summed E-state index contributed by atoms with van der Waals surface area (Å²) in [5.74, 6) is 0.829. The number of hydrogen-bond donors (Lipinski definition) is 1. The Morgan fingerprint density at radius 1 is 1.06 bits per heavy atom. The molecule has 0 aliphatic heterocycles. The molecule has 0 spiro atoms. The van der Waals surface area contributed by atoms with Crippen molar-refractivity contribution in [3.8, 4) is 5.75 Å². The Bertz CT molecular complexity index is 1420. The van der Waals surface area contributed by atoms with Crippen molar-refractivity contribution in [3.63, 3.8) is 0 Å². The molecule has 0 bridgehead atoms. The zero-order valence-corrected chi connectivity index (χ0v) is 19.6. The van der Waals surface area contributed by atoms with E-state index < -0.39 is 6.10 Å². The number of nitrogens with zero attached hydrogens (tertiary/aromatic N) is 3. The number of ether oxygens (including phenoxy) is 2. The first-order valence-corrected chi connectivity index (χ1v) is 11.6. The third-order valence-corrected chi connectivity index (χ3v) is 7.03. The van der Waals surface area contributed by atoms with Crippen molar-refractivity contribution in [3.05, 3.63) is 87.8 Å². The van der Waals surface area contributed by atoms with Crippen molar-refractivity contribution in [1.82, 2.24) is 15.0 Å². The molecule has 7 heteroatoms. The number of aromatic nitrogens is 3. The lowest BCUT2D eigenvalue weighted by Crippen LogP contribution is -2.04. The Kier molecular flexibility index (Phi) is 5.85. The molecule has 0 radical (unpaired) electrons. The van der Waals surface area contributed by atoms with Crippen LogP contribution in [0.5, 0.6) is 5.75 Å². The molecule has 168 valence electrons. The summed E-state index contributed by atoms with van der Waals surface area (Å²) < 4.78 is 14.2. The highest BCUT2D eigenvalue weighted by Crippen LogP contribution is 2.34. The van der Waals surface area contributed by atoms with Crippen molar-refractivity contribution in [2.24, 2.45) is 7.05 Å². The van der Waals surface area contributed by atoms with Gasteiger partial charge in [-0.1, -0.05) is 23.4 Å². The van der Waals surface area contributed by atoms with E-state index in [4.69, 9.17) is 9.47 Å². The Morgan fingerprint density at radius 2 is 1.88 bits per heavy atom. The molecule has 5 rings (SSSR count). The van der Waals surface area contributed by atoms with Crippen LogP contribution in [0.1, 0.15) is 33.9 Å². The van der Waals surface area contributed by atoms with Gasteiger partial charge in [0.2, 0.25) is 0 Å². The van der Waals surface area contributed by atoms with E-state index in [1.807, 2.05) is 50.4 Å². The Morgan fingerprint density at radius 3 is 2.67 bits per heavy atom. The van der Waals surface area contributed by atoms with Crippen LogP contribution in [0.3, 0.4) is 0 Å². The van der Waals surface area contributed by atoms with Crippen molar-refractivity contribution in [2.45, 2.75) is 26.2 Å². The molecular weight excluding hydrogens is 434 g/mol. The van der Waals surface area contributed by atoms with Gasteiger partial charge in [0.1, 0.15) is 17.4 Å². The second kappa shape index (κ2) is 8.94. The SMILES string of the molecule is COc1ccc(COCc2cc(C(O)c3ccc4c(nnn4C)c3C)cc3ccsc23)cc1. The van der Waals surface area contributed by atoms with Crippen molar-refractivity contribution in [1.29, 1.82) is 0 Å². The van der Waals surface area contributed by atoms with E-state index in [0.717, 1.165) is 50.0 Å². The van der Waals surface area contributed by atoms with Crippen LogP contribution < -0.4 is 4.74 Å². The third-order valence-electron chi connectivity index (χ3n) is 6.03. The van der Waals surface area contributed by atoms with E-state index in [9.17, 15) is 5.11 Å². The van der Waals surface area contributed by atoms with Gasteiger partial charge in [-0.2, -0.15) is 0 Å². The second-order valence-electron chi connectivity index (χ2n) is 8.12. The van der Waals surface area contributed by atoms with Gasteiger partial charge in [-0.05, 0) is 81.9 Å². The minimum atomic E-state index is -0.763. The first-order valence-electron chi connectivity index (χ1n) is 10.7. The number of benzene rings is 3. The molecule has 1 N–H and O–H groups in total. The number of rotatable bonds is 7. The van der Waals surface area contributed by atoms with Gasteiger partial charge in [-0.15, -0.1) is 16.4 Å². The summed E-state index contributed by atoms with van der Waals surface area (Å²) >= 11 is 1.69. The first-order chi connectivity index (χ1) is 16.0. The van der Waals surface area contributed by atoms with Gasteiger partial charge >= 0.3 is 0 Å². The molecule has 0 saturated heterocycles. The largest absolute Gasteiger partial charge is 0.497 e. The maximum Gasteiger partial charge on any atom is 0.118 e. The van der Waals surface area contributed by atoms with Crippen molar-refractivity contribution >= 4 is 32.5 Å². The van der Waals surface area contributed by atoms with E-state index in [1.165, 1.54) is 4.70 Å². The van der Waals surface area contributed by atoms with Crippen LogP contribution in [0.4, 0.5) is 0 Å². The molecule has 2 aromatic heterocycles. The summed E-state index contributed by atoms with van der Waals surface area (Å²) in [6.45, 7) is 2.95. The average molecular weight is 460 g/mol. The van der Waals surface area contributed by atoms with Crippen LogP contribution in [-0.2, 0) is 25.0 Å². The van der Waals surface area contributed by atoms with Crippen LogP contribution >= 0.6 is 11.3 Å². The molecule has 0 aliphatic carbocycles. The predicted octanol–water partition coefficient (Wildman–Crippen LogP) is 5.30. The molecular formula is C26H25N3O3S. The lowest BCUT2D eigenvalue weighted by Gasteiger charge is -2.16. The van der Waals surface area contributed by atoms with Gasteiger partial charge in [-0.3, -0.25) is 0 Å². The number of aliphatic hydroxyl groups excluding tert-OH is 1. The lowest BCUT2D eigenvalue weighted by atomic mass is 9.94. The second-order valence-corrected chi connectivity index (χ2v) is 9.04. The monoisotopic (exact) mass is 459 g/mol. The van der Waals surface area contributed by atoms with E-state index in [2.05, 4.69) is 33.9 Å². The Hall–Kier alpha value is -3.26. The fraction of sp³-hybridized carbons (Fsp3) is 0.231. The maximum absolute atomic E-state index is 11.3. The molecule has 1 unspecified atom stereocenters. The fourth-order valence-electron chi connectivity index (χ4n) is 4.17. The molecule has 0 aliphatic rings. The molecule has 1 atom stereocenters. The fourth-order valence-corrected chi connectivity index (χ4v) is 5.06. The predicted molar refractivity (Wildman–Crippen MR) is 131 cm³/mol. The van der Waals surface area contributed by atoms with Crippen LogP contribution in [0.25, 0.3) is 21.1 Å². The number of fused-ring (bicyclic) bond motifs is 2. The number of thiophene rings is 1. The molecule has 0 saturated carbocycles. The van der Waals surface area contributed by atoms with Crippen LogP contribution in [0.15, 0.2) is 60.0 Å². The molecule has 6 nitrogen and oxygen atoms in total. The molecule has 2 heterocycles. The zero-order chi connectivity index (χ0) is 22.9. The highest BCUT2D eigenvalue weighted by Gasteiger charge is 2.19. The quantitative estimate of drug-likeness (QED) is 0.358. The molecule has 5 aromatic rings. The Labute approximate surface area is 196 Å². The van der Waals surface area contributed by atoms with Crippen molar-refractivity contribution in [2.75, 3.05) is 7.11 Å². The van der Waals surface area contributed by atoms with Gasteiger partial charge in [0.05, 0.1) is 25.8 Å². The highest BCUT2D eigenvalue weighted by atomic mass is 32.1. The molecule has 0 amide bonds. The minimum absolute atomic E-state index is 0.464. The van der Waals surface area contributed by atoms with Gasteiger partial charge in [0.15, 0.2) is 0 Å². The first kappa shape index (κ1) is 21.6. The number of hydrogen-bond acceptors (Lipinski definition) is 6. The third kappa shape index (κ3) is 4.11. The summed E-state index contributed by atoms with van der Waals surface area (Å²) in [6, 6.07) is 18.0. The van der Waals surface area contributed by atoms with Gasteiger partial charge < -0.3 is 14.6 Å². The average Bonchev–Trinajstić information content (AvgIpc) is 3.46. The van der Waals surface area contributed by atoms with E-state index in [-0.39, 0.29) is 0 Å². The summed E-state index contributed by atoms with van der Waals surface area (Å²) in [6.07, 6.45) is -0.763. The van der Waals surface area contributed by atoms with Crippen LogP contribution in [0, 0.1) is 6.92 Å². The summed E-state index contributed by atoms with van der Waals surface area (Å²) in [5, 5.41) is 22.9. The summed E-state index contributed by atoms with van der Waals surface area (Å²) in [7, 11) is 3.53. The standard InChI is InChI=1S/C26H25N3O3S/c1-16-22(8-9-23-24(16)27-28-29(23)2)25(30)19-12-18-10-11-33-26(18)20(13-19)15-32-14-17-4-6-21(31-3)7-5-17/h4-13,25,30H,14-15H2,1-3H3. The van der Waals surface area contributed by atoms with Gasteiger partial charge in [0.25, 0.3) is 0 Å². The highest BCUT2D eigenvalue weighted by molar-refractivity contribution is 7.17. The molecule has 0 fully saturated rings. The number of methoxy groups -OCH3 is 1. The van der Waals surface area contributed by atoms with Crippen LogP contribution in [-0.4, -0.2) is 27.2 Å². The van der Waals surface area contributed by atoms with Gasteiger partial charge in [-0.25, -0.2) is 4.68 Å². The summed E-state index contributed by atoms with van der Waals surface area (Å²) in [4.78, 5) is 0. The number of aryl methyl sites for hydroxylation is 2. The van der Waals surface area contributed by atoms with E-state index in [0.29, 0.717) is 13.2 Å². The van der Waals surface area contributed by atoms with E-state index >= 15 is 0 Å². The minimum Gasteiger partial charge on any atom is -0.497 e. The van der Waals surface area contributed by atoms with Crippen LogP contribution in [0.2, 0.25) is 0 Å². The Balaban J connectivity index is 1.41. The summed E-state index contributed by atoms with van der Waals surface area (Å²) in [5.41, 5.74) is 6.54. The molecule has 33 heavy (non-hydrogen) atoms.